The Bertz CT molecular complexity index is 885. The first-order valence-electron chi connectivity index (χ1n) is 7.32. The average molecular weight is 393 g/mol. The third-order valence-electron chi connectivity index (χ3n) is 3.51. The number of fused-ring (bicyclic) bond motifs is 1. The van der Waals surface area contributed by atoms with Gasteiger partial charge in [-0.15, -0.1) is 0 Å². The van der Waals surface area contributed by atoms with Gasteiger partial charge in [-0.1, -0.05) is 27.3 Å². The quantitative estimate of drug-likeness (QED) is 0.679. The lowest BCUT2D eigenvalue weighted by atomic mass is 10.2. The van der Waals surface area contributed by atoms with Gasteiger partial charge in [-0.25, -0.2) is 4.98 Å². The van der Waals surface area contributed by atoms with Gasteiger partial charge in [0.15, 0.2) is 0 Å². The van der Waals surface area contributed by atoms with Crippen molar-refractivity contribution in [3.05, 3.63) is 55.9 Å². The van der Waals surface area contributed by atoms with Crippen LogP contribution in [0.15, 0.2) is 39.6 Å². The van der Waals surface area contributed by atoms with Crippen molar-refractivity contribution in [1.82, 2.24) is 14.6 Å². The molecule has 0 fully saturated rings. The van der Waals surface area contributed by atoms with Crippen LogP contribution in [0.3, 0.4) is 0 Å². The first kappa shape index (κ1) is 16.1. The van der Waals surface area contributed by atoms with Gasteiger partial charge >= 0.3 is 0 Å². The van der Waals surface area contributed by atoms with E-state index in [1.54, 1.807) is 6.07 Å². The molecule has 5 nitrogen and oxygen atoms in total. The van der Waals surface area contributed by atoms with Crippen molar-refractivity contribution in [3.63, 3.8) is 0 Å². The molecule has 3 rings (SSSR count). The molecule has 2 heterocycles. The van der Waals surface area contributed by atoms with Crippen molar-refractivity contribution in [3.8, 4) is 0 Å². The molecule has 1 aromatic carbocycles. The number of benzene rings is 1. The van der Waals surface area contributed by atoms with Crippen LogP contribution >= 0.6 is 27.3 Å². The molecule has 0 aliphatic rings. The topological polar surface area (TPSA) is 50.5 Å². The number of aryl methyl sites for hydroxylation is 1. The molecule has 0 spiro atoms. The summed E-state index contributed by atoms with van der Waals surface area (Å²) in [5, 5.41) is 5.01. The minimum atomic E-state index is -0.131. The Balaban J connectivity index is 1.97. The van der Waals surface area contributed by atoms with Crippen molar-refractivity contribution < 1.29 is 0 Å². The highest BCUT2D eigenvalue weighted by Crippen LogP contribution is 2.22. The summed E-state index contributed by atoms with van der Waals surface area (Å²) in [5.41, 5.74) is 1.73. The number of hydrogen-bond donors (Lipinski definition) is 0. The molecular weight excluding hydrogens is 376 g/mol. The SMILES string of the molecule is Cc1nn2c(=O)cc(CN(c3ccc(Br)cc3)C(C)C)nc2s1. The Hall–Kier alpha value is -1.73. The monoisotopic (exact) mass is 392 g/mol. The van der Waals surface area contributed by atoms with Crippen LogP contribution in [0.1, 0.15) is 24.5 Å². The highest BCUT2D eigenvalue weighted by Gasteiger charge is 2.14. The maximum absolute atomic E-state index is 12.2. The molecule has 7 heteroatoms. The van der Waals surface area contributed by atoms with Gasteiger partial charge in [-0.05, 0) is 45.0 Å². The van der Waals surface area contributed by atoms with Gasteiger partial charge in [0.1, 0.15) is 5.01 Å². The minimum absolute atomic E-state index is 0.131. The molecule has 0 radical (unpaired) electrons. The molecule has 23 heavy (non-hydrogen) atoms. The van der Waals surface area contributed by atoms with Crippen LogP contribution in [0, 0.1) is 6.92 Å². The normalized spacial score (nSPS) is 11.3. The molecule has 2 aromatic heterocycles. The van der Waals surface area contributed by atoms with Gasteiger partial charge in [0.25, 0.3) is 5.56 Å². The largest absolute Gasteiger partial charge is 0.363 e. The summed E-state index contributed by atoms with van der Waals surface area (Å²) < 4.78 is 2.41. The second-order valence-corrected chi connectivity index (χ2v) is 7.68. The first-order valence-corrected chi connectivity index (χ1v) is 8.93. The highest BCUT2D eigenvalue weighted by atomic mass is 79.9. The average Bonchev–Trinajstić information content (AvgIpc) is 2.87. The molecular formula is C16H17BrN4OS. The fraction of sp³-hybridized carbons (Fsp3) is 0.312. The molecule has 0 bridgehead atoms. The fourth-order valence-electron chi connectivity index (χ4n) is 2.41. The summed E-state index contributed by atoms with van der Waals surface area (Å²) in [5.74, 6) is 0. The second-order valence-electron chi connectivity index (χ2n) is 5.60. The molecule has 0 N–H and O–H groups in total. The summed E-state index contributed by atoms with van der Waals surface area (Å²) in [6.07, 6.45) is 0. The predicted octanol–water partition coefficient (Wildman–Crippen LogP) is 3.64. The van der Waals surface area contributed by atoms with E-state index in [1.807, 2.05) is 19.1 Å². The number of anilines is 1. The molecule has 0 atom stereocenters. The molecule has 3 aromatic rings. The van der Waals surface area contributed by atoms with Crippen LogP contribution in [-0.2, 0) is 6.54 Å². The Morgan fingerprint density at radius 3 is 2.65 bits per heavy atom. The van der Waals surface area contributed by atoms with E-state index in [0.717, 1.165) is 20.9 Å². The summed E-state index contributed by atoms with van der Waals surface area (Å²) in [6.45, 7) is 6.72. The predicted molar refractivity (Wildman–Crippen MR) is 97.3 cm³/mol. The lowest BCUT2D eigenvalue weighted by Crippen LogP contribution is -2.31. The van der Waals surface area contributed by atoms with E-state index in [4.69, 9.17) is 0 Å². The van der Waals surface area contributed by atoms with Crippen LogP contribution in [0.25, 0.3) is 4.96 Å². The fourth-order valence-corrected chi connectivity index (χ4v) is 3.44. The zero-order valence-corrected chi connectivity index (χ0v) is 15.6. The van der Waals surface area contributed by atoms with Gasteiger partial charge < -0.3 is 4.90 Å². The van der Waals surface area contributed by atoms with Crippen LogP contribution in [0.4, 0.5) is 5.69 Å². The van der Waals surface area contributed by atoms with E-state index in [-0.39, 0.29) is 5.56 Å². The number of hydrogen-bond acceptors (Lipinski definition) is 5. The third kappa shape index (κ3) is 3.45. The Morgan fingerprint density at radius 2 is 2.00 bits per heavy atom. The Morgan fingerprint density at radius 1 is 1.30 bits per heavy atom. The van der Waals surface area contributed by atoms with Crippen molar-refractivity contribution in [2.75, 3.05) is 4.90 Å². The number of halogens is 1. The van der Waals surface area contributed by atoms with Crippen LogP contribution < -0.4 is 10.5 Å². The molecule has 0 saturated carbocycles. The van der Waals surface area contributed by atoms with E-state index < -0.39 is 0 Å². The van der Waals surface area contributed by atoms with Crippen LogP contribution in [-0.4, -0.2) is 20.6 Å². The lowest BCUT2D eigenvalue weighted by molar-refractivity contribution is 0.672. The summed E-state index contributed by atoms with van der Waals surface area (Å²) in [6, 6.07) is 10.0. The third-order valence-corrected chi connectivity index (χ3v) is 4.87. The maximum Gasteiger partial charge on any atom is 0.275 e. The lowest BCUT2D eigenvalue weighted by Gasteiger charge is -2.28. The molecule has 0 aliphatic carbocycles. The van der Waals surface area contributed by atoms with Gasteiger partial charge in [-0.2, -0.15) is 9.61 Å². The van der Waals surface area contributed by atoms with E-state index in [2.05, 4.69) is 56.9 Å². The summed E-state index contributed by atoms with van der Waals surface area (Å²) >= 11 is 4.89. The van der Waals surface area contributed by atoms with E-state index >= 15 is 0 Å². The number of aromatic nitrogens is 3. The number of nitrogens with zero attached hydrogens (tertiary/aromatic N) is 4. The smallest absolute Gasteiger partial charge is 0.275 e. The maximum atomic E-state index is 12.2. The molecule has 0 saturated heterocycles. The standard InChI is InChI=1S/C16H17BrN4OS/c1-10(2)20(14-6-4-12(17)5-7-14)9-13-8-15(22)21-16(18-13)23-11(3)19-21/h4-8,10H,9H2,1-3H3. The van der Waals surface area contributed by atoms with E-state index in [9.17, 15) is 4.79 Å². The van der Waals surface area contributed by atoms with Gasteiger partial charge in [0, 0.05) is 22.3 Å². The zero-order valence-electron chi connectivity index (χ0n) is 13.2. The molecule has 0 amide bonds. The van der Waals surface area contributed by atoms with E-state index in [0.29, 0.717) is 17.5 Å². The van der Waals surface area contributed by atoms with Crippen molar-refractivity contribution in [1.29, 1.82) is 0 Å². The second kappa shape index (κ2) is 6.41. The van der Waals surface area contributed by atoms with Gasteiger partial charge in [0.05, 0.1) is 12.2 Å². The Kier molecular flexibility index (Phi) is 4.50. The zero-order chi connectivity index (χ0) is 16.6. The van der Waals surface area contributed by atoms with Crippen LogP contribution in [0.5, 0.6) is 0 Å². The van der Waals surface area contributed by atoms with Gasteiger partial charge in [-0.3, -0.25) is 4.79 Å². The van der Waals surface area contributed by atoms with Crippen molar-refractivity contribution in [2.24, 2.45) is 0 Å². The molecule has 0 unspecified atom stereocenters. The van der Waals surface area contributed by atoms with Crippen LogP contribution in [0.2, 0.25) is 0 Å². The Labute approximate surface area is 146 Å². The summed E-state index contributed by atoms with van der Waals surface area (Å²) in [7, 11) is 0. The molecule has 120 valence electrons. The molecule has 0 aliphatic heterocycles. The van der Waals surface area contributed by atoms with Crippen molar-refractivity contribution >= 4 is 37.9 Å². The minimum Gasteiger partial charge on any atom is -0.363 e. The highest BCUT2D eigenvalue weighted by molar-refractivity contribution is 9.10. The summed E-state index contributed by atoms with van der Waals surface area (Å²) in [4.78, 5) is 19.6. The van der Waals surface area contributed by atoms with E-state index in [1.165, 1.54) is 15.9 Å². The van der Waals surface area contributed by atoms with Gasteiger partial charge in [0.2, 0.25) is 4.96 Å². The first-order chi connectivity index (χ1) is 10.9. The number of rotatable bonds is 4. The van der Waals surface area contributed by atoms with Crippen molar-refractivity contribution in [2.45, 2.75) is 33.4 Å².